The van der Waals surface area contributed by atoms with Gasteiger partial charge in [0.25, 0.3) is 0 Å². The number of hydrogen-bond donors (Lipinski definition) is 1. The molecule has 3 atom stereocenters. The van der Waals surface area contributed by atoms with Gasteiger partial charge in [0.1, 0.15) is 0 Å². The van der Waals surface area contributed by atoms with E-state index < -0.39 is 0 Å². The topological polar surface area (TPSA) is 57.6 Å². The Balaban J connectivity index is 1.81. The molecule has 1 saturated carbocycles. The molecule has 1 aliphatic heterocycles. The smallest absolute Gasteiger partial charge is 0.233 e. The van der Waals surface area contributed by atoms with E-state index in [0.29, 0.717) is 19.4 Å². The van der Waals surface area contributed by atoms with Crippen LogP contribution in [0.2, 0.25) is 0 Å². The molecule has 2 amide bonds. The zero-order valence-corrected chi connectivity index (χ0v) is 8.27. The Kier molecular flexibility index (Phi) is 2.31. The highest BCUT2D eigenvalue weighted by Gasteiger charge is 2.58. The van der Waals surface area contributed by atoms with Gasteiger partial charge in [0.15, 0.2) is 0 Å². The molecule has 2 aliphatic rings. The SMILES string of the molecule is CC(O)CCCN1C(=O)C2CC2C1=O. The van der Waals surface area contributed by atoms with Crippen LogP contribution in [0.1, 0.15) is 26.2 Å². The van der Waals surface area contributed by atoms with Crippen LogP contribution in [0, 0.1) is 11.8 Å². The largest absolute Gasteiger partial charge is 0.393 e. The molecule has 2 rings (SSSR count). The fraction of sp³-hybridized carbons (Fsp3) is 0.800. The summed E-state index contributed by atoms with van der Waals surface area (Å²) < 4.78 is 0. The van der Waals surface area contributed by atoms with Crippen molar-refractivity contribution in [1.29, 1.82) is 0 Å². The Morgan fingerprint density at radius 2 is 2.00 bits per heavy atom. The minimum atomic E-state index is -0.350. The van der Waals surface area contributed by atoms with E-state index in [-0.39, 0.29) is 29.8 Å². The fourth-order valence-electron chi connectivity index (χ4n) is 2.01. The van der Waals surface area contributed by atoms with Crippen molar-refractivity contribution in [3.63, 3.8) is 0 Å². The van der Waals surface area contributed by atoms with Crippen molar-refractivity contribution in [2.45, 2.75) is 32.3 Å². The summed E-state index contributed by atoms with van der Waals surface area (Å²) in [7, 11) is 0. The van der Waals surface area contributed by atoms with Gasteiger partial charge in [-0.05, 0) is 26.2 Å². The van der Waals surface area contributed by atoms with Crippen molar-refractivity contribution >= 4 is 11.8 Å². The average Bonchev–Trinajstić information content (AvgIpc) is 2.84. The van der Waals surface area contributed by atoms with Crippen LogP contribution >= 0.6 is 0 Å². The molecule has 4 heteroatoms. The Labute approximate surface area is 82.9 Å². The molecule has 0 aromatic heterocycles. The maximum atomic E-state index is 11.5. The van der Waals surface area contributed by atoms with Crippen molar-refractivity contribution in [1.82, 2.24) is 4.90 Å². The molecule has 1 saturated heterocycles. The number of hydrogen-bond acceptors (Lipinski definition) is 3. The highest BCUT2D eigenvalue weighted by Crippen LogP contribution is 2.46. The summed E-state index contributed by atoms with van der Waals surface area (Å²) in [5.41, 5.74) is 0. The van der Waals surface area contributed by atoms with Gasteiger partial charge in [0.05, 0.1) is 17.9 Å². The first-order valence-corrected chi connectivity index (χ1v) is 5.14. The summed E-state index contributed by atoms with van der Waals surface area (Å²) in [5.74, 6) is 0.0271. The van der Waals surface area contributed by atoms with Crippen LogP contribution < -0.4 is 0 Å². The number of likely N-dealkylation sites (tertiary alicyclic amines) is 1. The van der Waals surface area contributed by atoms with E-state index in [0.717, 1.165) is 6.42 Å². The van der Waals surface area contributed by atoms with Crippen molar-refractivity contribution < 1.29 is 14.7 Å². The summed E-state index contributed by atoms with van der Waals surface area (Å²) in [6, 6.07) is 0. The lowest BCUT2D eigenvalue weighted by Gasteiger charge is -2.16. The highest BCUT2D eigenvalue weighted by atomic mass is 16.3. The Bertz CT molecular complexity index is 255. The number of aliphatic hydroxyl groups is 1. The second-order valence-corrected chi connectivity index (χ2v) is 4.27. The first-order chi connectivity index (χ1) is 6.61. The third kappa shape index (κ3) is 1.54. The number of imide groups is 1. The normalized spacial score (nSPS) is 32.0. The first kappa shape index (κ1) is 9.65. The zero-order chi connectivity index (χ0) is 10.3. The number of carbonyl (C=O) groups excluding carboxylic acids is 2. The quantitative estimate of drug-likeness (QED) is 0.653. The Hall–Kier alpha value is -0.900. The van der Waals surface area contributed by atoms with Gasteiger partial charge in [-0.2, -0.15) is 0 Å². The standard InChI is InChI=1S/C10H15NO3/c1-6(12)3-2-4-11-9(13)7-5-8(7)10(11)14/h6-8,12H,2-5H2,1H3. The van der Waals surface area contributed by atoms with Crippen molar-refractivity contribution in [2.24, 2.45) is 11.8 Å². The predicted molar refractivity (Wildman–Crippen MR) is 49.2 cm³/mol. The first-order valence-electron chi connectivity index (χ1n) is 5.14. The molecule has 14 heavy (non-hydrogen) atoms. The Morgan fingerprint density at radius 3 is 2.50 bits per heavy atom. The van der Waals surface area contributed by atoms with Gasteiger partial charge < -0.3 is 5.11 Å². The third-order valence-electron chi connectivity index (χ3n) is 2.96. The third-order valence-corrected chi connectivity index (χ3v) is 2.96. The summed E-state index contributed by atoms with van der Waals surface area (Å²) in [6.07, 6.45) is 1.77. The molecular formula is C10H15NO3. The van der Waals surface area contributed by atoms with Crippen LogP contribution in [-0.2, 0) is 9.59 Å². The number of rotatable bonds is 4. The lowest BCUT2D eigenvalue weighted by Crippen LogP contribution is -2.34. The number of nitrogens with zero attached hydrogens (tertiary/aromatic N) is 1. The van der Waals surface area contributed by atoms with Crippen molar-refractivity contribution in [3.8, 4) is 0 Å². The molecular weight excluding hydrogens is 182 g/mol. The molecule has 0 radical (unpaired) electrons. The molecule has 2 fully saturated rings. The predicted octanol–water partition coefficient (Wildman–Crippen LogP) is 0.152. The van der Waals surface area contributed by atoms with Crippen LogP contribution in [0.4, 0.5) is 0 Å². The highest BCUT2D eigenvalue weighted by molar-refractivity contribution is 6.08. The van der Waals surface area contributed by atoms with E-state index in [1.165, 1.54) is 4.90 Å². The zero-order valence-electron chi connectivity index (χ0n) is 8.27. The van der Waals surface area contributed by atoms with Gasteiger partial charge in [-0.1, -0.05) is 0 Å². The van der Waals surface area contributed by atoms with E-state index in [1.54, 1.807) is 6.92 Å². The van der Waals surface area contributed by atoms with Crippen molar-refractivity contribution in [3.05, 3.63) is 0 Å². The van der Waals surface area contributed by atoms with Crippen LogP contribution in [0.3, 0.4) is 0 Å². The minimum absolute atomic E-state index is 0.00518. The minimum Gasteiger partial charge on any atom is -0.393 e. The van der Waals surface area contributed by atoms with Crippen LogP contribution in [0.5, 0.6) is 0 Å². The molecule has 0 aromatic rings. The monoisotopic (exact) mass is 197 g/mol. The average molecular weight is 197 g/mol. The number of fused-ring (bicyclic) bond motifs is 1. The maximum absolute atomic E-state index is 11.5. The van der Waals surface area contributed by atoms with E-state index >= 15 is 0 Å². The van der Waals surface area contributed by atoms with Gasteiger partial charge in [0, 0.05) is 6.54 Å². The second-order valence-electron chi connectivity index (χ2n) is 4.27. The maximum Gasteiger partial charge on any atom is 0.233 e. The Morgan fingerprint density at radius 1 is 1.43 bits per heavy atom. The van der Waals surface area contributed by atoms with E-state index in [2.05, 4.69) is 0 Å². The summed E-state index contributed by atoms with van der Waals surface area (Å²) in [6.45, 7) is 2.20. The summed E-state index contributed by atoms with van der Waals surface area (Å²) in [4.78, 5) is 24.3. The summed E-state index contributed by atoms with van der Waals surface area (Å²) in [5, 5.41) is 9.03. The van der Waals surface area contributed by atoms with E-state index in [9.17, 15) is 9.59 Å². The van der Waals surface area contributed by atoms with Crippen molar-refractivity contribution in [2.75, 3.05) is 6.54 Å². The van der Waals surface area contributed by atoms with Gasteiger partial charge in [0.2, 0.25) is 11.8 Å². The fourth-order valence-corrected chi connectivity index (χ4v) is 2.01. The molecule has 3 unspecified atom stereocenters. The lowest BCUT2D eigenvalue weighted by atomic mass is 10.2. The molecule has 4 nitrogen and oxygen atoms in total. The molecule has 0 bridgehead atoms. The molecule has 1 aliphatic carbocycles. The molecule has 1 N–H and O–H groups in total. The van der Waals surface area contributed by atoms with Gasteiger partial charge in [-0.25, -0.2) is 0 Å². The second kappa shape index (κ2) is 3.35. The van der Waals surface area contributed by atoms with Gasteiger partial charge in [-0.15, -0.1) is 0 Å². The number of amides is 2. The molecule has 1 heterocycles. The molecule has 0 aromatic carbocycles. The molecule has 0 spiro atoms. The number of piperidine rings is 1. The van der Waals surface area contributed by atoms with E-state index in [1.807, 2.05) is 0 Å². The van der Waals surface area contributed by atoms with E-state index in [4.69, 9.17) is 5.11 Å². The van der Waals surface area contributed by atoms with Gasteiger partial charge >= 0.3 is 0 Å². The number of aliphatic hydroxyl groups excluding tert-OH is 1. The number of carbonyl (C=O) groups is 2. The van der Waals surface area contributed by atoms with Gasteiger partial charge in [-0.3, -0.25) is 14.5 Å². The lowest BCUT2D eigenvalue weighted by molar-refractivity contribution is -0.141. The molecule has 78 valence electrons. The van der Waals surface area contributed by atoms with Crippen LogP contribution in [0.25, 0.3) is 0 Å². The van der Waals surface area contributed by atoms with Crippen LogP contribution in [-0.4, -0.2) is 34.5 Å². The summed E-state index contributed by atoms with van der Waals surface area (Å²) >= 11 is 0. The van der Waals surface area contributed by atoms with Crippen LogP contribution in [0.15, 0.2) is 0 Å².